The molecule has 0 unspecified atom stereocenters. The van der Waals surface area contributed by atoms with E-state index in [4.69, 9.17) is 10.00 Å². The van der Waals surface area contributed by atoms with E-state index in [-0.39, 0.29) is 5.41 Å². The van der Waals surface area contributed by atoms with Crippen molar-refractivity contribution < 1.29 is 4.74 Å². The highest BCUT2D eigenvalue weighted by atomic mass is 16.5. The summed E-state index contributed by atoms with van der Waals surface area (Å²) in [5.74, 6) is 0.703. The fourth-order valence-corrected chi connectivity index (χ4v) is 1.54. The van der Waals surface area contributed by atoms with Gasteiger partial charge in [-0.2, -0.15) is 5.26 Å². The number of rotatable bonds is 4. The maximum Gasteiger partial charge on any atom is 0.137 e. The molecular weight excluding hydrogens is 210 g/mol. The molecule has 0 saturated carbocycles. The Morgan fingerprint density at radius 3 is 2.53 bits per heavy atom. The van der Waals surface area contributed by atoms with Crippen molar-refractivity contribution >= 4 is 0 Å². The Labute approximate surface area is 104 Å². The van der Waals surface area contributed by atoms with Crippen molar-refractivity contribution in [3.05, 3.63) is 29.3 Å². The van der Waals surface area contributed by atoms with Crippen molar-refractivity contribution in [2.75, 3.05) is 6.61 Å². The van der Waals surface area contributed by atoms with E-state index in [0.29, 0.717) is 17.9 Å². The molecule has 0 atom stereocenters. The number of hydrogen-bond acceptors (Lipinski definition) is 2. The zero-order chi connectivity index (χ0) is 12.9. The van der Waals surface area contributed by atoms with Crippen LogP contribution in [0.1, 0.15) is 51.7 Å². The number of nitriles is 1. The third-order valence-electron chi connectivity index (χ3n) is 2.72. The van der Waals surface area contributed by atoms with Crippen LogP contribution in [-0.2, 0) is 5.41 Å². The predicted octanol–water partition coefficient (Wildman–Crippen LogP) is 4.03. The molecule has 0 radical (unpaired) electrons. The van der Waals surface area contributed by atoms with Crippen LogP contribution in [0.25, 0.3) is 0 Å². The van der Waals surface area contributed by atoms with Gasteiger partial charge in [0.2, 0.25) is 0 Å². The van der Waals surface area contributed by atoms with E-state index >= 15 is 0 Å². The minimum Gasteiger partial charge on any atom is -0.492 e. The fourth-order valence-electron chi connectivity index (χ4n) is 1.54. The summed E-state index contributed by atoms with van der Waals surface area (Å²) in [6.07, 6.45) is 2.12. The lowest BCUT2D eigenvalue weighted by Gasteiger charge is -2.20. The molecule has 0 aromatic heterocycles. The fraction of sp³-hybridized carbons (Fsp3) is 0.533. The van der Waals surface area contributed by atoms with Gasteiger partial charge in [-0.05, 0) is 29.5 Å². The third-order valence-corrected chi connectivity index (χ3v) is 2.72. The number of nitrogens with zero attached hydrogens (tertiary/aromatic N) is 1. The SMILES string of the molecule is CCCCOc1ccc(C(C)(C)C)cc1C#N. The lowest BCUT2D eigenvalue weighted by Crippen LogP contribution is -2.11. The Morgan fingerprint density at radius 2 is 2.00 bits per heavy atom. The van der Waals surface area contributed by atoms with Crippen LogP contribution in [0.15, 0.2) is 18.2 Å². The topological polar surface area (TPSA) is 33.0 Å². The van der Waals surface area contributed by atoms with Gasteiger partial charge in [0.05, 0.1) is 12.2 Å². The van der Waals surface area contributed by atoms with E-state index in [0.717, 1.165) is 18.4 Å². The molecule has 0 aliphatic heterocycles. The Kier molecular flexibility index (Phi) is 4.57. The summed E-state index contributed by atoms with van der Waals surface area (Å²) in [6.45, 7) is 9.22. The molecule has 2 heteroatoms. The van der Waals surface area contributed by atoms with Gasteiger partial charge in [0.1, 0.15) is 11.8 Å². The van der Waals surface area contributed by atoms with Gasteiger partial charge >= 0.3 is 0 Å². The van der Waals surface area contributed by atoms with Gasteiger partial charge in [0.25, 0.3) is 0 Å². The van der Waals surface area contributed by atoms with Crippen molar-refractivity contribution in [2.45, 2.75) is 46.0 Å². The molecule has 0 N–H and O–H groups in total. The van der Waals surface area contributed by atoms with Gasteiger partial charge in [-0.1, -0.05) is 40.2 Å². The van der Waals surface area contributed by atoms with Crippen LogP contribution >= 0.6 is 0 Å². The quantitative estimate of drug-likeness (QED) is 0.733. The largest absolute Gasteiger partial charge is 0.492 e. The summed E-state index contributed by atoms with van der Waals surface area (Å²) < 4.78 is 5.61. The van der Waals surface area contributed by atoms with Gasteiger partial charge in [-0.25, -0.2) is 0 Å². The number of benzene rings is 1. The molecule has 1 aromatic carbocycles. The second-order valence-electron chi connectivity index (χ2n) is 5.27. The maximum atomic E-state index is 9.14. The van der Waals surface area contributed by atoms with Crippen LogP contribution in [0, 0.1) is 11.3 Å². The molecule has 2 nitrogen and oxygen atoms in total. The molecule has 0 saturated heterocycles. The number of unbranched alkanes of at least 4 members (excludes halogenated alkanes) is 1. The highest BCUT2D eigenvalue weighted by molar-refractivity contribution is 5.46. The highest BCUT2D eigenvalue weighted by Gasteiger charge is 2.15. The standard InChI is InChI=1S/C15H21NO/c1-5-6-9-17-14-8-7-13(15(2,3)4)10-12(14)11-16/h7-8,10H,5-6,9H2,1-4H3. The van der Waals surface area contributed by atoms with Gasteiger partial charge in [-0.3, -0.25) is 0 Å². The van der Waals surface area contributed by atoms with E-state index in [1.54, 1.807) is 0 Å². The molecule has 92 valence electrons. The molecule has 0 fully saturated rings. The average molecular weight is 231 g/mol. The summed E-state index contributed by atoms with van der Waals surface area (Å²) in [4.78, 5) is 0. The van der Waals surface area contributed by atoms with Crippen LogP contribution in [0.5, 0.6) is 5.75 Å². The van der Waals surface area contributed by atoms with E-state index < -0.39 is 0 Å². The first-order chi connectivity index (χ1) is 7.99. The first-order valence-corrected chi connectivity index (χ1v) is 6.16. The smallest absolute Gasteiger partial charge is 0.137 e. The number of ether oxygens (including phenoxy) is 1. The van der Waals surface area contributed by atoms with Crippen molar-refractivity contribution in [1.29, 1.82) is 5.26 Å². The lowest BCUT2D eigenvalue weighted by atomic mass is 9.86. The Morgan fingerprint density at radius 1 is 1.29 bits per heavy atom. The van der Waals surface area contributed by atoms with Crippen molar-refractivity contribution in [2.24, 2.45) is 0 Å². The number of hydrogen-bond donors (Lipinski definition) is 0. The molecule has 0 bridgehead atoms. The van der Waals surface area contributed by atoms with Crippen LogP contribution < -0.4 is 4.74 Å². The van der Waals surface area contributed by atoms with Gasteiger partial charge in [0.15, 0.2) is 0 Å². The second-order valence-corrected chi connectivity index (χ2v) is 5.27. The van der Waals surface area contributed by atoms with E-state index in [1.165, 1.54) is 0 Å². The highest BCUT2D eigenvalue weighted by Crippen LogP contribution is 2.27. The Bertz CT molecular complexity index is 410. The molecule has 17 heavy (non-hydrogen) atoms. The molecule has 0 heterocycles. The summed E-state index contributed by atoms with van der Waals surface area (Å²) >= 11 is 0. The normalized spacial score (nSPS) is 11.0. The van der Waals surface area contributed by atoms with E-state index in [9.17, 15) is 0 Å². The van der Waals surface area contributed by atoms with Gasteiger partial charge < -0.3 is 4.74 Å². The monoisotopic (exact) mass is 231 g/mol. The van der Waals surface area contributed by atoms with Crippen molar-refractivity contribution in [1.82, 2.24) is 0 Å². The van der Waals surface area contributed by atoms with Crippen molar-refractivity contribution in [3.63, 3.8) is 0 Å². The zero-order valence-electron chi connectivity index (χ0n) is 11.2. The molecule has 1 aromatic rings. The molecule has 1 rings (SSSR count). The summed E-state index contributed by atoms with van der Waals surface area (Å²) in [6, 6.07) is 8.10. The van der Waals surface area contributed by atoms with E-state index in [1.807, 2.05) is 18.2 Å². The van der Waals surface area contributed by atoms with Gasteiger partial charge in [-0.15, -0.1) is 0 Å². The maximum absolute atomic E-state index is 9.14. The van der Waals surface area contributed by atoms with Crippen LogP contribution in [0.2, 0.25) is 0 Å². The van der Waals surface area contributed by atoms with Crippen LogP contribution in [0.4, 0.5) is 0 Å². The lowest BCUT2D eigenvalue weighted by molar-refractivity contribution is 0.308. The first kappa shape index (κ1) is 13.6. The molecule has 0 aliphatic carbocycles. The van der Waals surface area contributed by atoms with Crippen LogP contribution in [0.3, 0.4) is 0 Å². The minimum atomic E-state index is 0.0630. The molecule has 0 spiro atoms. The minimum absolute atomic E-state index is 0.0630. The average Bonchev–Trinajstić information content (AvgIpc) is 2.28. The third kappa shape index (κ3) is 3.78. The molecule has 0 aliphatic rings. The Hall–Kier alpha value is -1.49. The van der Waals surface area contributed by atoms with E-state index in [2.05, 4.69) is 33.8 Å². The Balaban J connectivity index is 2.91. The summed E-state index contributed by atoms with van der Waals surface area (Å²) in [5, 5.41) is 9.14. The second kappa shape index (κ2) is 5.72. The summed E-state index contributed by atoms with van der Waals surface area (Å²) in [5.41, 5.74) is 1.86. The first-order valence-electron chi connectivity index (χ1n) is 6.16. The predicted molar refractivity (Wildman–Crippen MR) is 70.3 cm³/mol. The summed E-state index contributed by atoms with van der Waals surface area (Å²) in [7, 11) is 0. The van der Waals surface area contributed by atoms with Gasteiger partial charge in [0, 0.05) is 0 Å². The molecular formula is C15H21NO. The van der Waals surface area contributed by atoms with Crippen LogP contribution in [-0.4, -0.2) is 6.61 Å². The van der Waals surface area contributed by atoms with Crippen molar-refractivity contribution in [3.8, 4) is 11.8 Å². The zero-order valence-corrected chi connectivity index (χ0v) is 11.2. The molecule has 0 amide bonds.